The Balaban J connectivity index is 0.0000160. The summed E-state index contributed by atoms with van der Waals surface area (Å²) in [6.07, 6.45) is 39.5. The fraction of sp³-hybridized carbons (Fsp3) is 0.833. The van der Waals surface area contributed by atoms with Gasteiger partial charge in [0.05, 0.1) is 4.90 Å². The second kappa shape index (κ2) is 30.8. The normalized spacial score (nSPS) is 11.6. The van der Waals surface area contributed by atoms with Crippen LogP contribution in [0.4, 0.5) is 0 Å². The van der Waals surface area contributed by atoms with Crippen molar-refractivity contribution in [3.63, 3.8) is 0 Å². The summed E-state index contributed by atoms with van der Waals surface area (Å²) in [5.41, 5.74) is 0.673. The van der Waals surface area contributed by atoms with Crippen molar-refractivity contribution in [1.82, 2.24) is 0 Å². The average Bonchev–Trinajstić information content (AvgIpc) is 2.94. The molecular weight excluding hydrogens is 552 g/mol. The molecule has 0 heterocycles. The Morgan fingerprint density at radius 3 is 1.02 bits per heavy atom. The van der Waals surface area contributed by atoms with E-state index < -0.39 is 10.1 Å². The molecule has 0 atom stereocenters. The summed E-state index contributed by atoms with van der Waals surface area (Å²) in [4.78, 5) is -0.0416. The summed E-state index contributed by atoms with van der Waals surface area (Å²) in [7, 11) is -4.36. The fourth-order valence-corrected chi connectivity index (χ4v) is 6.68. The molecule has 3 nitrogen and oxygen atoms in total. The zero-order valence-corrected chi connectivity index (χ0v) is 31.4. The molecule has 1 rings (SSSR count). The molecule has 0 amide bonds. The molecule has 234 valence electrons. The predicted molar refractivity (Wildman–Crippen MR) is 173 cm³/mol. The van der Waals surface area contributed by atoms with E-state index in [9.17, 15) is 13.0 Å². The maximum Gasteiger partial charge on any atom is 1.00 e. The molecule has 0 aliphatic rings. The summed E-state index contributed by atoms with van der Waals surface area (Å²) >= 11 is 0. The van der Waals surface area contributed by atoms with Crippen molar-refractivity contribution in [2.24, 2.45) is 0 Å². The Hall–Kier alpha value is 0.766. The van der Waals surface area contributed by atoms with E-state index in [2.05, 4.69) is 6.92 Å². The number of hydrogen-bond acceptors (Lipinski definition) is 3. The van der Waals surface area contributed by atoms with Crippen LogP contribution >= 0.6 is 0 Å². The van der Waals surface area contributed by atoms with E-state index in [1.807, 2.05) is 6.07 Å². The van der Waals surface area contributed by atoms with Crippen LogP contribution in [0.2, 0.25) is 0 Å². The van der Waals surface area contributed by atoms with Gasteiger partial charge in [-0.15, -0.1) is 0 Å². The summed E-state index contributed by atoms with van der Waals surface area (Å²) in [6, 6.07) is 6.63. The molecule has 5 heteroatoms. The Kier molecular flexibility index (Phi) is 31.4. The van der Waals surface area contributed by atoms with E-state index in [1.54, 1.807) is 12.1 Å². The molecule has 0 saturated carbocycles. The van der Waals surface area contributed by atoms with Gasteiger partial charge in [0.2, 0.25) is 0 Å². The third kappa shape index (κ3) is 26.9. The van der Waals surface area contributed by atoms with Crippen LogP contribution < -0.4 is 51.4 Å². The van der Waals surface area contributed by atoms with Crippen LogP contribution in [0.1, 0.15) is 192 Å². The van der Waals surface area contributed by atoms with Crippen LogP contribution in [0.5, 0.6) is 0 Å². The number of aryl methyl sites for hydroxylation is 1. The molecule has 0 bridgehead atoms. The summed E-state index contributed by atoms with van der Waals surface area (Å²) < 4.78 is 34.1. The summed E-state index contributed by atoms with van der Waals surface area (Å²) in [6.45, 7) is 2.29. The van der Waals surface area contributed by atoms with Gasteiger partial charge in [-0.25, -0.2) is 8.42 Å². The van der Waals surface area contributed by atoms with Crippen LogP contribution in [0.25, 0.3) is 0 Å². The largest absolute Gasteiger partial charge is 1.00 e. The minimum Gasteiger partial charge on any atom is -0.744 e. The number of unbranched alkanes of at least 4 members (excludes halogenated alkanes) is 27. The van der Waals surface area contributed by atoms with Crippen molar-refractivity contribution >= 4 is 10.1 Å². The maximum atomic E-state index is 11.4. The molecule has 0 aliphatic heterocycles. The van der Waals surface area contributed by atoms with Crippen LogP contribution in [0.15, 0.2) is 29.2 Å². The Labute approximate surface area is 299 Å². The minimum atomic E-state index is -4.36. The van der Waals surface area contributed by atoms with Crippen molar-refractivity contribution in [3.05, 3.63) is 29.8 Å². The van der Waals surface area contributed by atoms with Gasteiger partial charge in [0.1, 0.15) is 10.1 Å². The van der Waals surface area contributed by atoms with Crippen LogP contribution in [-0.2, 0) is 16.5 Å². The van der Waals surface area contributed by atoms with E-state index >= 15 is 0 Å². The zero-order chi connectivity index (χ0) is 29.0. The van der Waals surface area contributed by atoms with Crippen molar-refractivity contribution in [3.8, 4) is 0 Å². The van der Waals surface area contributed by atoms with Crippen LogP contribution in [0.3, 0.4) is 0 Å². The van der Waals surface area contributed by atoms with E-state index in [1.165, 1.54) is 173 Å². The number of benzene rings is 1. The smallest absolute Gasteiger partial charge is 0.744 e. The van der Waals surface area contributed by atoms with Gasteiger partial charge < -0.3 is 4.55 Å². The Morgan fingerprint density at radius 1 is 0.463 bits per heavy atom. The molecule has 0 fully saturated rings. The second-order valence-corrected chi connectivity index (χ2v) is 13.7. The maximum absolute atomic E-state index is 11.4. The Morgan fingerprint density at radius 2 is 0.732 bits per heavy atom. The Bertz CT molecular complexity index is 781. The molecule has 0 aliphatic carbocycles. The third-order valence-electron chi connectivity index (χ3n) is 8.54. The zero-order valence-electron chi connectivity index (χ0n) is 27.4. The van der Waals surface area contributed by atoms with Gasteiger partial charge >= 0.3 is 51.4 Å². The number of rotatable bonds is 30. The standard InChI is InChI=1S/C36H66O3S.K/c1-2-3-4-5-6-7-8-9-10-11-12-13-14-15-16-17-18-19-20-21-22-23-24-25-26-27-28-29-32-35-33-30-31-34-36(35)40(37,38)39;/h30-31,33-34H,2-29,32H2,1H3,(H,37,38,39);/q;+1/p-1. The van der Waals surface area contributed by atoms with Crippen molar-refractivity contribution in [1.29, 1.82) is 0 Å². The molecule has 1 aromatic carbocycles. The fourth-order valence-electron chi connectivity index (χ4n) is 5.94. The quantitative estimate of drug-likeness (QED) is 0.0492. The predicted octanol–water partition coefficient (Wildman–Crippen LogP) is 9.08. The van der Waals surface area contributed by atoms with Crippen LogP contribution in [-0.4, -0.2) is 13.0 Å². The first kappa shape index (κ1) is 41.8. The first-order chi connectivity index (χ1) is 19.6. The molecule has 0 aromatic heterocycles. The molecular formula is C36H65KO3S. The van der Waals surface area contributed by atoms with Gasteiger partial charge in [-0.2, -0.15) is 0 Å². The van der Waals surface area contributed by atoms with E-state index in [0.717, 1.165) is 12.8 Å². The average molecular weight is 617 g/mol. The molecule has 41 heavy (non-hydrogen) atoms. The van der Waals surface area contributed by atoms with Gasteiger partial charge in [0.15, 0.2) is 0 Å². The van der Waals surface area contributed by atoms with Gasteiger partial charge in [-0.3, -0.25) is 0 Å². The molecule has 0 radical (unpaired) electrons. The van der Waals surface area contributed by atoms with Gasteiger partial charge in [0.25, 0.3) is 0 Å². The number of hydrogen-bond donors (Lipinski definition) is 0. The van der Waals surface area contributed by atoms with E-state index in [4.69, 9.17) is 0 Å². The topological polar surface area (TPSA) is 57.2 Å². The molecule has 1 aromatic rings. The molecule has 0 spiro atoms. The van der Waals surface area contributed by atoms with E-state index in [-0.39, 0.29) is 56.3 Å². The first-order valence-corrected chi connectivity index (χ1v) is 19.0. The first-order valence-electron chi connectivity index (χ1n) is 17.6. The van der Waals surface area contributed by atoms with Gasteiger partial charge in [-0.05, 0) is 24.5 Å². The third-order valence-corrected chi connectivity index (χ3v) is 9.48. The molecule has 0 unspecified atom stereocenters. The van der Waals surface area contributed by atoms with Gasteiger partial charge in [-0.1, -0.05) is 198 Å². The van der Waals surface area contributed by atoms with Crippen molar-refractivity contribution < 1.29 is 64.4 Å². The monoisotopic (exact) mass is 616 g/mol. The van der Waals surface area contributed by atoms with Crippen molar-refractivity contribution in [2.45, 2.75) is 198 Å². The minimum absolute atomic E-state index is 0. The SMILES string of the molecule is CCCCCCCCCCCCCCCCCCCCCCCCCCCCCCc1ccccc1S(=O)(=O)[O-].[K+]. The summed E-state index contributed by atoms with van der Waals surface area (Å²) in [5.74, 6) is 0. The summed E-state index contributed by atoms with van der Waals surface area (Å²) in [5, 5.41) is 0. The molecule has 0 saturated heterocycles. The molecule has 0 N–H and O–H groups in total. The van der Waals surface area contributed by atoms with Gasteiger partial charge in [0, 0.05) is 0 Å². The van der Waals surface area contributed by atoms with E-state index in [0.29, 0.717) is 12.0 Å². The van der Waals surface area contributed by atoms with Crippen molar-refractivity contribution in [2.75, 3.05) is 0 Å². The second-order valence-electron chi connectivity index (χ2n) is 12.4. The van der Waals surface area contributed by atoms with Crippen LogP contribution in [0, 0.1) is 0 Å².